The molecule has 2 unspecified atom stereocenters. The van der Waals surface area contributed by atoms with Gasteiger partial charge in [0.25, 0.3) is 5.91 Å². The van der Waals surface area contributed by atoms with Crippen molar-refractivity contribution in [3.05, 3.63) is 5.01 Å². The molecule has 0 bridgehead atoms. The van der Waals surface area contributed by atoms with Gasteiger partial charge in [-0.25, -0.2) is 0 Å². The molecule has 0 saturated heterocycles. The molecular formula is C13H22N4OS. The summed E-state index contributed by atoms with van der Waals surface area (Å²) in [5, 5.41) is 14.6. The van der Waals surface area contributed by atoms with E-state index in [9.17, 15) is 4.79 Å². The summed E-state index contributed by atoms with van der Waals surface area (Å²) in [5.74, 6) is 1.50. The predicted octanol–water partition coefficient (Wildman–Crippen LogP) is 2.53. The highest BCUT2D eigenvalue weighted by atomic mass is 32.1. The van der Waals surface area contributed by atoms with Crippen molar-refractivity contribution in [2.24, 2.45) is 11.8 Å². The first-order valence-corrected chi connectivity index (χ1v) is 7.80. The third-order valence-electron chi connectivity index (χ3n) is 3.72. The van der Waals surface area contributed by atoms with Crippen molar-refractivity contribution in [2.45, 2.75) is 39.0 Å². The largest absolute Gasteiger partial charge is 0.363 e. The van der Waals surface area contributed by atoms with E-state index in [1.807, 2.05) is 0 Å². The van der Waals surface area contributed by atoms with Gasteiger partial charge in [0, 0.05) is 13.6 Å². The van der Waals surface area contributed by atoms with Gasteiger partial charge in [-0.1, -0.05) is 37.5 Å². The highest BCUT2D eigenvalue weighted by Gasteiger charge is 2.19. The third-order valence-corrected chi connectivity index (χ3v) is 4.66. The van der Waals surface area contributed by atoms with E-state index in [0.717, 1.165) is 24.8 Å². The maximum Gasteiger partial charge on any atom is 0.282 e. The Morgan fingerprint density at radius 3 is 2.95 bits per heavy atom. The lowest BCUT2D eigenvalue weighted by atomic mass is 9.81. The van der Waals surface area contributed by atoms with Crippen LogP contribution in [0.25, 0.3) is 0 Å². The molecule has 1 aromatic heterocycles. The quantitative estimate of drug-likeness (QED) is 0.871. The van der Waals surface area contributed by atoms with Gasteiger partial charge in [-0.2, -0.15) is 0 Å². The predicted molar refractivity (Wildman–Crippen MR) is 77.5 cm³/mol. The fourth-order valence-electron chi connectivity index (χ4n) is 2.70. The van der Waals surface area contributed by atoms with Gasteiger partial charge in [-0.05, 0) is 24.7 Å². The summed E-state index contributed by atoms with van der Waals surface area (Å²) >= 11 is 1.28. The fourth-order valence-corrected chi connectivity index (χ4v) is 3.32. The number of rotatable bonds is 5. The number of carbonyl (C=O) groups excluding carboxylic acids is 1. The van der Waals surface area contributed by atoms with Gasteiger partial charge in [0.15, 0.2) is 0 Å². The maximum absolute atomic E-state index is 11.8. The van der Waals surface area contributed by atoms with Gasteiger partial charge < -0.3 is 10.6 Å². The summed E-state index contributed by atoms with van der Waals surface area (Å²) < 4.78 is 0. The molecule has 1 aliphatic rings. The molecular weight excluding hydrogens is 260 g/mol. The minimum atomic E-state index is -0.108. The average molecular weight is 282 g/mol. The summed E-state index contributed by atoms with van der Waals surface area (Å²) in [6.07, 6.45) is 6.39. The van der Waals surface area contributed by atoms with Crippen LogP contribution in [0.5, 0.6) is 0 Å². The van der Waals surface area contributed by atoms with E-state index >= 15 is 0 Å². The van der Waals surface area contributed by atoms with E-state index in [0.29, 0.717) is 10.1 Å². The van der Waals surface area contributed by atoms with E-state index in [-0.39, 0.29) is 5.91 Å². The Labute approximate surface area is 118 Å². The zero-order valence-corrected chi connectivity index (χ0v) is 12.4. The zero-order valence-electron chi connectivity index (χ0n) is 11.6. The number of aromatic nitrogens is 2. The molecule has 19 heavy (non-hydrogen) atoms. The Morgan fingerprint density at radius 2 is 2.26 bits per heavy atom. The van der Waals surface area contributed by atoms with Crippen molar-refractivity contribution < 1.29 is 4.79 Å². The highest BCUT2D eigenvalue weighted by Crippen LogP contribution is 2.30. The Morgan fingerprint density at radius 1 is 1.42 bits per heavy atom. The van der Waals surface area contributed by atoms with Gasteiger partial charge in [0.2, 0.25) is 10.1 Å². The molecule has 0 radical (unpaired) electrons. The zero-order chi connectivity index (χ0) is 13.7. The third kappa shape index (κ3) is 4.16. The van der Waals surface area contributed by atoms with Crippen LogP contribution in [0.2, 0.25) is 0 Å². The monoisotopic (exact) mass is 282 g/mol. The van der Waals surface area contributed by atoms with Crippen LogP contribution in [0.3, 0.4) is 0 Å². The number of amides is 1. The summed E-state index contributed by atoms with van der Waals surface area (Å²) in [6.45, 7) is 3.07. The molecule has 1 heterocycles. The van der Waals surface area contributed by atoms with Crippen molar-refractivity contribution >= 4 is 22.4 Å². The lowest BCUT2D eigenvalue weighted by Gasteiger charge is -2.26. The maximum atomic E-state index is 11.8. The molecule has 2 N–H and O–H groups in total. The van der Waals surface area contributed by atoms with E-state index in [4.69, 9.17) is 0 Å². The number of anilines is 1. The summed E-state index contributed by atoms with van der Waals surface area (Å²) in [5.41, 5.74) is 0. The first-order valence-electron chi connectivity index (χ1n) is 6.98. The molecule has 0 aromatic carbocycles. The smallest absolute Gasteiger partial charge is 0.282 e. The van der Waals surface area contributed by atoms with Crippen LogP contribution < -0.4 is 10.6 Å². The van der Waals surface area contributed by atoms with Crippen LogP contribution in [-0.2, 0) is 0 Å². The van der Waals surface area contributed by atoms with Crippen LogP contribution in [0, 0.1) is 11.8 Å². The molecule has 6 heteroatoms. The van der Waals surface area contributed by atoms with Gasteiger partial charge in [-0.3, -0.25) is 4.79 Å². The number of carbonyl (C=O) groups is 1. The Hall–Kier alpha value is -1.17. The summed E-state index contributed by atoms with van der Waals surface area (Å²) in [7, 11) is 1.77. The lowest BCUT2D eigenvalue weighted by molar-refractivity contribution is 0.0948. The molecule has 0 aliphatic heterocycles. The molecule has 1 saturated carbocycles. The van der Waals surface area contributed by atoms with Crippen LogP contribution in [-0.4, -0.2) is 29.7 Å². The minimum absolute atomic E-state index is 0.108. The van der Waals surface area contributed by atoms with Gasteiger partial charge in [-0.15, -0.1) is 10.2 Å². The second kappa shape index (κ2) is 6.84. The van der Waals surface area contributed by atoms with Crippen molar-refractivity contribution in [1.29, 1.82) is 0 Å². The van der Waals surface area contributed by atoms with E-state index in [1.54, 1.807) is 7.05 Å². The van der Waals surface area contributed by atoms with Crippen molar-refractivity contribution in [1.82, 2.24) is 15.5 Å². The molecule has 106 valence electrons. The number of hydrogen-bond acceptors (Lipinski definition) is 5. The Bertz CT molecular complexity index is 421. The van der Waals surface area contributed by atoms with Crippen molar-refractivity contribution in [3.63, 3.8) is 0 Å². The number of nitrogens with zero attached hydrogens (tertiary/aromatic N) is 2. The van der Waals surface area contributed by atoms with Gasteiger partial charge >= 0.3 is 0 Å². The molecule has 5 nitrogen and oxygen atoms in total. The fraction of sp³-hybridized carbons (Fsp3) is 0.769. The first kappa shape index (κ1) is 14.2. The second-order valence-electron chi connectivity index (χ2n) is 5.34. The highest BCUT2D eigenvalue weighted by molar-refractivity contribution is 7.17. The van der Waals surface area contributed by atoms with E-state index in [2.05, 4.69) is 27.8 Å². The van der Waals surface area contributed by atoms with Crippen LogP contribution in [0.1, 0.15) is 48.8 Å². The molecule has 1 fully saturated rings. The van der Waals surface area contributed by atoms with Crippen LogP contribution >= 0.6 is 11.3 Å². The summed E-state index contributed by atoms with van der Waals surface area (Å²) in [4.78, 5) is 11.8. The summed E-state index contributed by atoms with van der Waals surface area (Å²) in [6, 6.07) is 0. The molecule has 1 aliphatic carbocycles. The van der Waals surface area contributed by atoms with Crippen LogP contribution in [0.15, 0.2) is 0 Å². The van der Waals surface area contributed by atoms with E-state index < -0.39 is 0 Å². The van der Waals surface area contributed by atoms with Crippen LogP contribution in [0.4, 0.5) is 5.13 Å². The minimum Gasteiger partial charge on any atom is -0.363 e. The number of hydrogen-bond donors (Lipinski definition) is 2. The molecule has 1 amide bonds. The second-order valence-corrected chi connectivity index (χ2v) is 6.32. The number of nitrogens with one attached hydrogen (secondary N) is 2. The SMILES string of the molecule is CNc1nnc(C(=O)NCCC2CCCC(C)C2)s1. The first-order chi connectivity index (χ1) is 9.19. The molecule has 1 aromatic rings. The Kier molecular flexibility index (Phi) is 5.13. The van der Waals surface area contributed by atoms with E-state index in [1.165, 1.54) is 37.0 Å². The normalized spacial score (nSPS) is 23.1. The van der Waals surface area contributed by atoms with Crippen molar-refractivity contribution in [3.8, 4) is 0 Å². The molecule has 2 rings (SSSR count). The van der Waals surface area contributed by atoms with Gasteiger partial charge in [0.05, 0.1) is 0 Å². The van der Waals surface area contributed by atoms with Crippen molar-refractivity contribution in [2.75, 3.05) is 18.9 Å². The molecule has 2 atom stereocenters. The average Bonchev–Trinajstić information content (AvgIpc) is 2.87. The molecule has 0 spiro atoms. The standard InChI is InChI=1S/C13H22N4OS/c1-9-4-3-5-10(8-9)6-7-15-11(18)12-16-17-13(14-2)19-12/h9-10H,3-8H2,1-2H3,(H,14,17)(H,15,18). The Balaban J connectivity index is 1.71. The lowest BCUT2D eigenvalue weighted by Crippen LogP contribution is -2.27. The topological polar surface area (TPSA) is 66.9 Å². The van der Waals surface area contributed by atoms with Gasteiger partial charge in [0.1, 0.15) is 0 Å².